The minimum absolute atomic E-state index is 0.250. The van der Waals surface area contributed by atoms with Crippen LogP contribution in [0.5, 0.6) is 0 Å². The molecule has 2 heterocycles. The van der Waals surface area contributed by atoms with E-state index in [1.54, 1.807) is 17.8 Å². The molecule has 0 unspecified atom stereocenters. The van der Waals surface area contributed by atoms with Crippen molar-refractivity contribution in [2.75, 3.05) is 13.4 Å². The Morgan fingerprint density at radius 3 is 2.94 bits per heavy atom. The molecular weight excluding hydrogens is 292 g/mol. The number of nitrogens with zero attached hydrogens (tertiary/aromatic N) is 2. The molecule has 0 N–H and O–H groups in total. The summed E-state index contributed by atoms with van der Waals surface area (Å²) in [5.74, 6) is 0.390. The molecule has 0 bridgehead atoms. The zero-order chi connectivity index (χ0) is 13.0. The lowest BCUT2D eigenvalue weighted by Crippen LogP contribution is -2.02. The van der Waals surface area contributed by atoms with Crippen LogP contribution in [0.4, 0.5) is 0 Å². The Balaban J connectivity index is 2.02. The Kier molecular flexibility index (Phi) is 4.67. The molecule has 0 amide bonds. The van der Waals surface area contributed by atoms with Crippen molar-refractivity contribution >= 4 is 40.8 Å². The summed E-state index contributed by atoms with van der Waals surface area (Å²) >= 11 is 4.62. The summed E-state index contributed by atoms with van der Waals surface area (Å²) in [5, 5.41) is 8.05. The molecule has 0 atom stereocenters. The van der Waals surface area contributed by atoms with Gasteiger partial charge in [-0.2, -0.15) is 0 Å². The van der Waals surface area contributed by atoms with Crippen molar-refractivity contribution in [3.05, 3.63) is 23.7 Å². The van der Waals surface area contributed by atoms with E-state index in [1.807, 2.05) is 6.26 Å². The molecule has 0 aliphatic carbocycles. The zero-order valence-electron chi connectivity index (χ0n) is 9.71. The van der Waals surface area contributed by atoms with Gasteiger partial charge in [0.05, 0.1) is 13.4 Å². The number of esters is 1. The molecule has 0 saturated carbocycles. The van der Waals surface area contributed by atoms with Crippen molar-refractivity contribution in [1.82, 2.24) is 10.2 Å². The number of methoxy groups -OCH3 is 1. The van der Waals surface area contributed by atoms with Crippen LogP contribution in [0.25, 0.3) is 0 Å². The maximum atomic E-state index is 11.4. The van der Waals surface area contributed by atoms with E-state index in [-0.39, 0.29) is 5.76 Å². The lowest BCUT2D eigenvalue weighted by molar-refractivity contribution is 0.0564. The van der Waals surface area contributed by atoms with Gasteiger partial charge in [0, 0.05) is 11.3 Å². The van der Waals surface area contributed by atoms with Crippen LogP contribution in [0.3, 0.4) is 0 Å². The predicted octanol–water partition coefficient (Wildman–Crippen LogP) is 2.93. The van der Waals surface area contributed by atoms with Crippen LogP contribution in [-0.4, -0.2) is 29.5 Å². The average molecular weight is 302 g/mol. The molecule has 0 fully saturated rings. The fourth-order valence-corrected chi connectivity index (χ4v) is 3.62. The molecule has 0 aromatic carbocycles. The highest BCUT2D eigenvalue weighted by atomic mass is 32.2. The normalized spacial score (nSPS) is 10.6. The van der Waals surface area contributed by atoms with Crippen molar-refractivity contribution in [2.24, 2.45) is 0 Å². The van der Waals surface area contributed by atoms with Crippen molar-refractivity contribution in [3.63, 3.8) is 0 Å². The highest BCUT2D eigenvalue weighted by Gasteiger charge is 2.16. The van der Waals surface area contributed by atoms with Crippen molar-refractivity contribution < 1.29 is 13.9 Å². The smallest absolute Gasteiger partial charge is 0.374 e. The summed E-state index contributed by atoms with van der Waals surface area (Å²) in [5.41, 5.74) is 0.799. The van der Waals surface area contributed by atoms with Gasteiger partial charge >= 0.3 is 5.97 Å². The maximum absolute atomic E-state index is 11.4. The van der Waals surface area contributed by atoms with Crippen LogP contribution >= 0.6 is 34.9 Å². The van der Waals surface area contributed by atoms with E-state index in [9.17, 15) is 4.79 Å². The molecule has 5 nitrogen and oxygen atoms in total. The van der Waals surface area contributed by atoms with Gasteiger partial charge in [-0.15, -0.1) is 10.2 Å². The number of ether oxygens (including phenoxy) is 1. The largest absolute Gasteiger partial charge is 0.463 e. The van der Waals surface area contributed by atoms with Gasteiger partial charge < -0.3 is 9.15 Å². The molecule has 0 radical (unpaired) electrons. The molecular formula is C10H10N2O3S3. The SMILES string of the molecule is COC(=O)c1occc1CSc1nnc(SC)s1. The number of hydrogen-bond donors (Lipinski definition) is 0. The summed E-state index contributed by atoms with van der Waals surface area (Å²) < 4.78 is 11.5. The van der Waals surface area contributed by atoms with Gasteiger partial charge in [0.2, 0.25) is 5.76 Å². The van der Waals surface area contributed by atoms with E-state index in [2.05, 4.69) is 14.9 Å². The van der Waals surface area contributed by atoms with Gasteiger partial charge in [-0.1, -0.05) is 34.9 Å². The van der Waals surface area contributed by atoms with Crippen LogP contribution in [0.15, 0.2) is 25.4 Å². The van der Waals surface area contributed by atoms with Gasteiger partial charge in [-0.3, -0.25) is 0 Å². The number of carbonyl (C=O) groups is 1. The number of aromatic nitrogens is 2. The molecule has 0 spiro atoms. The Morgan fingerprint density at radius 2 is 2.28 bits per heavy atom. The van der Waals surface area contributed by atoms with Crippen molar-refractivity contribution in [3.8, 4) is 0 Å². The highest BCUT2D eigenvalue weighted by Crippen LogP contribution is 2.30. The van der Waals surface area contributed by atoms with Crippen molar-refractivity contribution in [2.45, 2.75) is 14.4 Å². The average Bonchev–Trinajstić information content (AvgIpc) is 3.03. The fraction of sp³-hybridized carbons (Fsp3) is 0.300. The van der Waals surface area contributed by atoms with E-state index >= 15 is 0 Å². The first-order chi connectivity index (χ1) is 8.74. The number of carbonyl (C=O) groups excluding carboxylic acids is 1. The molecule has 2 aromatic rings. The maximum Gasteiger partial charge on any atom is 0.374 e. The standard InChI is InChI=1S/C10H10N2O3S3/c1-14-8(13)7-6(3-4-15-7)5-17-10-12-11-9(16-2)18-10/h3-4H,5H2,1-2H3. The van der Waals surface area contributed by atoms with Gasteiger partial charge in [0.1, 0.15) is 0 Å². The number of hydrogen-bond acceptors (Lipinski definition) is 8. The van der Waals surface area contributed by atoms with Crippen molar-refractivity contribution in [1.29, 1.82) is 0 Å². The monoisotopic (exact) mass is 302 g/mol. The van der Waals surface area contributed by atoms with Gasteiger partial charge in [-0.25, -0.2) is 4.79 Å². The van der Waals surface area contributed by atoms with E-state index in [1.165, 1.54) is 36.5 Å². The second-order valence-corrected chi connectivity index (χ2v) is 6.35. The zero-order valence-corrected chi connectivity index (χ0v) is 12.2. The van der Waals surface area contributed by atoms with Gasteiger partial charge in [-0.05, 0) is 12.3 Å². The fourth-order valence-electron chi connectivity index (χ4n) is 1.20. The molecule has 2 aromatic heterocycles. The quantitative estimate of drug-likeness (QED) is 0.621. The van der Waals surface area contributed by atoms with E-state index in [4.69, 9.17) is 4.42 Å². The van der Waals surface area contributed by atoms with Crippen LogP contribution in [0.1, 0.15) is 16.1 Å². The van der Waals surface area contributed by atoms with Crippen LogP contribution < -0.4 is 0 Å². The molecule has 96 valence electrons. The number of furan rings is 1. The lowest BCUT2D eigenvalue weighted by Gasteiger charge is -1.98. The minimum Gasteiger partial charge on any atom is -0.463 e. The second kappa shape index (κ2) is 6.26. The lowest BCUT2D eigenvalue weighted by atomic mass is 10.3. The molecule has 18 heavy (non-hydrogen) atoms. The molecule has 0 aliphatic rings. The van der Waals surface area contributed by atoms with E-state index in [0.29, 0.717) is 5.75 Å². The molecule has 0 aliphatic heterocycles. The van der Waals surface area contributed by atoms with Crippen LogP contribution in [0, 0.1) is 0 Å². The van der Waals surface area contributed by atoms with Crippen LogP contribution in [0.2, 0.25) is 0 Å². The highest BCUT2D eigenvalue weighted by molar-refractivity contribution is 8.02. The van der Waals surface area contributed by atoms with Gasteiger partial charge in [0.25, 0.3) is 0 Å². The first-order valence-corrected chi connectivity index (χ1v) is 7.92. The third-order valence-corrected chi connectivity index (χ3v) is 5.11. The van der Waals surface area contributed by atoms with E-state index in [0.717, 1.165) is 14.2 Å². The Morgan fingerprint density at radius 1 is 1.50 bits per heavy atom. The number of thioether (sulfide) groups is 2. The summed E-state index contributed by atoms with van der Waals surface area (Å²) in [4.78, 5) is 11.4. The summed E-state index contributed by atoms with van der Waals surface area (Å²) in [6, 6.07) is 1.76. The Bertz CT molecular complexity index is 538. The predicted molar refractivity (Wildman–Crippen MR) is 71.3 cm³/mol. The molecule has 8 heteroatoms. The molecule has 2 rings (SSSR count). The first kappa shape index (κ1) is 13.4. The summed E-state index contributed by atoms with van der Waals surface area (Å²) in [6.45, 7) is 0. The number of rotatable bonds is 5. The third-order valence-electron chi connectivity index (χ3n) is 2.03. The Hall–Kier alpha value is -0.990. The first-order valence-electron chi connectivity index (χ1n) is 4.89. The summed E-state index contributed by atoms with van der Waals surface area (Å²) in [7, 11) is 1.33. The summed E-state index contributed by atoms with van der Waals surface area (Å²) in [6.07, 6.45) is 3.44. The minimum atomic E-state index is -0.460. The third kappa shape index (κ3) is 3.06. The van der Waals surface area contributed by atoms with Crippen LogP contribution in [-0.2, 0) is 10.5 Å². The second-order valence-electron chi connectivity index (χ2n) is 3.09. The Labute approximate surface area is 116 Å². The molecule has 0 saturated heterocycles. The van der Waals surface area contributed by atoms with Gasteiger partial charge in [0.15, 0.2) is 8.68 Å². The topological polar surface area (TPSA) is 65.2 Å². The van der Waals surface area contributed by atoms with E-state index < -0.39 is 5.97 Å².